The average molecular weight is 381 g/mol. The normalized spacial score (nSPS) is 20.2. The van der Waals surface area contributed by atoms with E-state index in [9.17, 15) is 9.59 Å². The number of benzene rings is 2. The first kappa shape index (κ1) is 18.1. The van der Waals surface area contributed by atoms with E-state index >= 15 is 0 Å². The number of amides is 2. The second-order valence-electron chi connectivity index (χ2n) is 7.25. The van der Waals surface area contributed by atoms with Gasteiger partial charge in [-0.1, -0.05) is 55.3 Å². The summed E-state index contributed by atoms with van der Waals surface area (Å²) in [6.45, 7) is 0.612. The van der Waals surface area contributed by atoms with Gasteiger partial charge in [0.05, 0.1) is 5.75 Å². The van der Waals surface area contributed by atoms with Crippen molar-refractivity contribution >= 4 is 23.6 Å². The van der Waals surface area contributed by atoms with Crippen LogP contribution in [0.3, 0.4) is 0 Å². The van der Waals surface area contributed by atoms with E-state index in [0.29, 0.717) is 23.9 Å². The molecule has 1 aliphatic heterocycles. The molecule has 5 heteroatoms. The van der Waals surface area contributed by atoms with Gasteiger partial charge in [0.25, 0.3) is 5.91 Å². The van der Waals surface area contributed by atoms with Gasteiger partial charge < -0.3 is 10.2 Å². The summed E-state index contributed by atoms with van der Waals surface area (Å²) in [5.41, 5.74) is 2.89. The molecule has 1 aliphatic carbocycles. The predicted molar refractivity (Wildman–Crippen MR) is 108 cm³/mol. The van der Waals surface area contributed by atoms with Crippen LogP contribution in [0.5, 0.6) is 0 Å². The van der Waals surface area contributed by atoms with Crippen molar-refractivity contribution in [3.8, 4) is 0 Å². The second-order valence-corrected chi connectivity index (χ2v) is 8.32. The Kier molecular flexibility index (Phi) is 5.48. The summed E-state index contributed by atoms with van der Waals surface area (Å²) < 4.78 is 0. The molecule has 4 rings (SSSR count). The number of carbonyl (C=O) groups excluding carboxylic acids is 2. The van der Waals surface area contributed by atoms with Crippen molar-refractivity contribution in [2.45, 2.75) is 43.6 Å². The summed E-state index contributed by atoms with van der Waals surface area (Å²) in [6.07, 6.45) is 4.57. The van der Waals surface area contributed by atoms with Crippen LogP contribution in [0.1, 0.15) is 52.5 Å². The van der Waals surface area contributed by atoms with Crippen LogP contribution in [-0.4, -0.2) is 28.5 Å². The highest BCUT2D eigenvalue weighted by atomic mass is 32.2. The number of hydrogen-bond donors (Lipinski definition) is 1. The van der Waals surface area contributed by atoms with Crippen LogP contribution < -0.4 is 5.32 Å². The van der Waals surface area contributed by atoms with Gasteiger partial charge in [0.15, 0.2) is 0 Å². The van der Waals surface area contributed by atoms with Gasteiger partial charge in [0, 0.05) is 18.2 Å². The molecule has 2 aliphatic rings. The topological polar surface area (TPSA) is 49.4 Å². The minimum atomic E-state index is 0.00431. The molecule has 4 nitrogen and oxygen atoms in total. The highest BCUT2D eigenvalue weighted by Gasteiger charge is 2.32. The zero-order valence-corrected chi connectivity index (χ0v) is 16.1. The predicted octanol–water partition coefficient (Wildman–Crippen LogP) is 4.13. The molecule has 1 heterocycles. The molecule has 2 fully saturated rings. The molecule has 1 N–H and O–H groups in total. The van der Waals surface area contributed by atoms with E-state index in [-0.39, 0.29) is 17.2 Å². The van der Waals surface area contributed by atoms with Crippen molar-refractivity contribution in [1.82, 2.24) is 10.2 Å². The summed E-state index contributed by atoms with van der Waals surface area (Å²) >= 11 is 1.65. The molecule has 0 radical (unpaired) electrons. The summed E-state index contributed by atoms with van der Waals surface area (Å²) in [5.74, 6) is 0.670. The Morgan fingerprint density at radius 2 is 1.74 bits per heavy atom. The van der Waals surface area contributed by atoms with Crippen molar-refractivity contribution in [1.29, 1.82) is 0 Å². The Bertz CT molecular complexity index is 801. The molecular formula is C22H24N2O2S. The van der Waals surface area contributed by atoms with Crippen LogP contribution in [-0.2, 0) is 11.3 Å². The smallest absolute Gasteiger partial charge is 0.251 e. The number of hydrogen-bond acceptors (Lipinski definition) is 3. The number of rotatable bonds is 5. The van der Waals surface area contributed by atoms with Crippen LogP contribution in [0, 0.1) is 0 Å². The van der Waals surface area contributed by atoms with E-state index in [1.807, 2.05) is 59.5 Å². The number of thioether (sulfide) groups is 1. The van der Waals surface area contributed by atoms with Crippen LogP contribution in [0.2, 0.25) is 0 Å². The minimum Gasteiger partial charge on any atom is -0.349 e. The van der Waals surface area contributed by atoms with Gasteiger partial charge in [0.2, 0.25) is 5.91 Å². The highest BCUT2D eigenvalue weighted by Crippen LogP contribution is 2.39. The molecule has 27 heavy (non-hydrogen) atoms. The van der Waals surface area contributed by atoms with E-state index in [1.54, 1.807) is 11.8 Å². The molecule has 0 aromatic heterocycles. The Hall–Kier alpha value is -2.27. The summed E-state index contributed by atoms with van der Waals surface area (Å²) in [7, 11) is 0. The van der Waals surface area contributed by atoms with Crippen LogP contribution in [0.4, 0.5) is 0 Å². The highest BCUT2D eigenvalue weighted by molar-refractivity contribution is 8.00. The Balaban J connectivity index is 1.45. The van der Waals surface area contributed by atoms with Crippen LogP contribution in [0.15, 0.2) is 54.6 Å². The van der Waals surface area contributed by atoms with E-state index in [2.05, 4.69) is 5.32 Å². The molecule has 0 bridgehead atoms. The lowest BCUT2D eigenvalue weighted by molar-refractivity contribution is -0.128. The van der Waals surface area contributed by atoms with E-state index < -0.39 is 0 Å². The van der Waals surface area contributed by atoms with Gasteiger partial charge in [0.1, 0.15) is 5.37 Å². The maximum Gasteiger partial charge on any atom is 0.251 e. The first-order valence-electron chi connectivity index (χ1n) is 9.56. The lowest BCUT2D eigenvalue weighted by Crippen LogP contribution is -2.32. The minimum absolute atomic E-state index is 0.00431. The molecule has 1 atom stereocenters. The SMILES string of the molecule is O=C(NC1CCCC1)c1ccc([C@@H]2SCC(=O)N2Cc2ccccc2)cc1. The van der Waals surface area contributed by atoms with Gasteiger partial charge in [-0.25, -0.2) is 0 Å². The Morgan fingerprint density at radius 3 is 2.44 bits per heavy atom. The van der Waals surface area contributed by atoms with Gasteiger partial charge in [-0.2, -0.15) is 0 Å². The molecule has 1 saturated carbocycles. The molecule has 2 amide bonds. The number of nitrogens with zero attached hydrogens (tertiary/aromatic N) is 1. The molecule has 0 spiro atoms. The van der Waals surface area contributed by atoms with E-state index in [0.717, 1.165) is 24.0 Å². The van der Waals surface area contributed by atoms with Crippen LogP contribution >= 0.6 is 11.8 Å². The van der Waals surface area contributed by atoms with Gasteiger partial charge in [-0.3, -0.25) is 9.59 Å². The lowest BCUT2D eigenvalue weighted by atomic mass is 10.1. The van der Waals surface area contributed by atoms with Gasteiger partial charge >= 0.3 is 0 Å². The fraction of sp³-hybridized carbons (Fsp3) is 0.364. The molecule has 0 unspecified atom stereocenters. The summed E-state index contributed by atoms with van der Waals surface area (Å²) in [6, 6.07) is 18.1. The average Bonchev–Trinajstić information content (AvgIpc) is 3.33. The first-order chi connectivity index (χ1) is 13.2. The largest absolute Gasteiger partial charge is 0.349 e. The third-order valence-corrected chi connectivity index (χ3v) is 6.57. The van der Waals surface area contributed by atoms with Crippen molar-refractivity contribution in [2.24, 2.45) is 0 Å². The summed E-state index contributed by atoms with van der Waals surface area (Å²) in [5, 5.41) is 3.13. The Labute approximate surface area is 164 Å². The Morgan fingerprint density at radius 1 is 1.04 bits per heavy atom. The van der Waals surface area contributed by atoms with Crippen LogP contribution in [0.25, 0.3) is 0 Å². The van der Waals surface area contributed by atoms with Crippen molar-refractivity contribution in [3.05, 3.63) is 71.3 Å². The maximum absolute atomic E-state index is 12.4. The van der Waals surface area contributed by atoms with Crippen molar-refractivity contribution in [3.63, 3.8) is 0 Å². The first-order valence-corrected chi connectivity index (χ1v) is 10.6. The van der Waals surface area contributed by atoms with Gasteiger partial charge in [-0.05, 0) is 36.1 Å². The standard InChI is InChI=1S/C22H24N2O2S/c25-20-15-27-22(24(20)14-16-6-2-1-3-7-16)18-12-10-17(11-13-18)21(26)23-19-8-4-5-9-19/h1-3,6-7,10-13,19,22H,4-5,8-9,14-15H2,(H,23,26)/t22-/m0/s1. The molecular weight excluding hydrogens is 356 g/mol. The molecule has 1 saturated heterocycles. The molecule has 2 aromatic carbocycles. The second kappa shape index (κ2) is 8.17. The number of nitrogens with one attached hydrogen (secondary N) is 1. The van der Waals surface area contributed by atoms with Gasteiger partial charge in [-0.15, -0.1) is 11.8 Å². The van der Waals surface area contributed by atoms with Crippen molar-refractivity contribution < 1.29 is 9.59 Å². The quantitative estimate of drug-likeness (QED) is 0.848. The fourth-order valence-corrected chi connectivity index (χ4v) is 5.01. The third kappa shape index (κ3) is 4.19. The molecule has 2 aromatic rings. The zero-order valence-electron chi connectivity index (χ0n) is 15.3. The van der Waals surface area contributed by atoms with E-state index in [4.69, 9.17) is 0 Å². The van der Waals surface area contributed by atoms with Crippen molar-refractivity contribution in [2.75, 3.05) is 5.75 Å². The third-order valence-electron chi connectivity index (χ3n) is 5.31. The monoisotopic (exact) mass is 380 g/mol. The number of carbonyl (C=O) groups is 2. The van der Waals surface area contributed by atoms with E-state index in [1.165, 1.54) is 12.8 Å². The fourth-order valence-electron chi connectivity index (χ4n) is 3.82. The zero-order chi connectivity index (χ0) is 18.6. The lowest BCUT2D eigenvalue weighted by Gasteiger charge is -2.24. The molecule has 140 valence electrons. The maximum atomic E-state index is 12.4. The summed E-state index contributed by atoms with van der Waals surface area (Å²) in [4.78, 5) is 26.7.